The van der Waals surface area contributed by atoms with Crippen LogP contribution in [-0.4, -0.2) is 4.98 Å². The van der Waals surface area contributed by atoms with Crippen LogP contribution >= 0.6 is 0 Å². The molecule has 0 atom stereocenters. The molecule has 3 heteroatoms. The van der Waals surface area contributed by atoms with Gasteiger partial charge in [0, 0.05) is 11.1 Å². The van der Waals surface area contributed by atoms with Gasteiger partial charge in [0.1, 0.15) is 5.82 Å². The fourth-order valence-electron chi connectivity index (χ4n) is 0.986. The minimum atomic E-state index is -0.0607. The number of pyridine rings is 1. The summed E-state index contributed by atoms with van der Waals surface area (Å²) in [5.41, 5.74) is 6.93. The Bertz CT molecular complexity index is 355. The maximum Gasteiger partial charge on any atom is 0.192 e. The van der Waals surface area contributed by atoms with Crippen LogP contribution in [0.3, 0.4) is 0 Å². The fraction of sp³-hybridized carbons (Fsp3) is 0.400. The average molecular weight is 175 g/mol. The van der Waals surface area contributed by atoms with Gasteiger partial charge in [-0.15, -0.1) is 0 Å². The lowest BCUT2D eigenvalue weighted by atomic mass is 9.91. The molecule has 0 radical (unpaired) electrons. The average Bonchev–Trinajstić information content (AvgIpc) is 2.01. The van der Waals surface area contributed by atoms with Gasteiger partial charge in [-0.05, 0) is 12.1 Å². The highest BCUT2D eigenvalue weighted by Crippen LogP contribution is 2.25. The molecule has 1 aromatic heterocycles. The Kier molecular flexibility index (Phi) is 2.24. The van der Waals surface area contributed by atoms with E-state index in [0.717, 1.165) is 5.69 Å². The molecule has 0 amide bonds. The van der Waals surface area contributed by atoms with Crippen LogP contribution in [0.5, 0.6) is 0 Å². The van der Waals surface area contributed by atoms with Gasteiger partial charge in [-0.25, -0.2) is 9.83 Å². The van der Waals surface area contributed by atoms with Gasteiger partial charge in [-0.2, -0.15) is 0 Å². The Labute approximate surface area is 78.4 Å². The predicted molar refractivity (Wildman–Crippen MR) is 53.6 cm³/mol. The molecule has 0 saturated carbocycles. The summed E-state index contributed by atoms with van der Waals surface area (Å²) >= 11 is 0. The lowest BCUT2D eigenvalue weighted by Crippen LogP contribution is -2.14. The number of hydrogen-bond donors (Lipinski definition) is 1. The summed E-state index contributed by atoms with van der Waals surface area (Å²) in [6.45, 7) is 13.0. The van der Waals surface area contributed by atoms with Gasteiger partial charge in [-0.3, -0.25) is 0 Å². The first-order chi connectivity index (χ1) is 5.93. The van der Waals surface area contributed by atoms with E-state index >= 15 is 0 Å². The molecular weight excluding hydrogens is 162 g/mol. The molecule has 0 saturated heterocycles. The maximum absolute atomic E-state index is 6.88. The van der Waals surface area contributed by atoms with Gasteiger partial charge in [0.25, 0.3) is 0 Å². The molecule has 0 bridgehead atoms. The Morgan fingerprint density at radius 3 is 2.46 bits per heavy atom. The normalized spacial score (nSPS) is 10.9. The summed E-state index contributed by atoms with van der Waals surface area (Å²) in [5.74, 6) is 0.415. The first-order valence-corrected chi connectivity index (χ1v) is 4.09. The zero-order chi connectivity index (χ0) is 10.1. The van der Waals surface area contributed by atoms with Gasteiger partial charge >= 0.3 is 0 Å². The quantitative estimate of drug-likeness (QED) is 0.616. The summed E-state index contributed by atoms with van der Waals surface area (Å²) in [6, 6.07) is 3.37. The van der Waals surface area contributed by atoms with Gasteiger partial charge in [0.05, 0.1) is 6.57 Å². The van der Waals surface area contributed by atoms with Crippen LogP contribution in [0.1, 0.15) is 26.5 Å². The van der Waals surface area contributed by atoms with Crippen LogP contribution in [0, 0.1) is 6.57 Å². The lowest BCUT2D eigenvalue weighted by Gasteiger charge is -2.18. The molecule has 0 unspecified atom stereocenters. The number of rotatable bonds is 0. The van der Waals surface area contributed by atoms with E-state index < -0.39 is 0 Å². The van der Waals surface area contributed by atoms with Crippen molar-refractivity contribution in [2.75, 3.05) is 5.73 Å². The van der Waals surface area contributed by atoms with Gasteiger partial charge in [-0.1, -0.05) is 20.8 Å². The Morgan fingerprint density at radius 1 is 1.38 bits per heavy atom. The van der Waals surface area contributed by atoms with Crippen molar-refractivity contribution in [3.63, 3.8) is 0 Å². The molecule has 0 aromatic carbocycles. The van der Waals surface area contributed by atoms with E-state index in [1.807, 2.05) is 20.8 Å². The van der Waals surface area contributed by atoms with Crippen molar-refractivity contribution >= 4 is 11.5 Å². The fourth-order valence-corrected chi connectivity index (χ4v) is 0.986. The molecule has 13 heavy (non-hydrogen) atoms. The Morgan fingerprint density at radius 2 is 2.00 bits per heavy atom. The molecular formula is C10H13N3. The number of nitrogens with two attached hydrogens (primary N) is 1. The van der Waals surface area contributed by atoms with Crippen LogP contribution in [0.2, 0.25) is 0 Å². The third-order valence-corrected chi connectivity index (χ3v) is 1.73. The molecule has 1 heterocycles. The number of nitrogen functional groups attached to an aromatic ring is 1. The SMILES string of the molecule is [C-]#[N+]c1cc(N)nc(C(C)(C)C)c1. The monoisotopic (exact) mass is 175 g/mol. The number of anilines is 1. The minimum absolute atomic E-state index is 0.0607. The second-order valence-electron chi connectivity index (χ2n) is 4.00. The van der Waals surface area contributed by atoms with Gasteiger partial charge in [0.15, 0.2) is 5.69 Å². The van der Waals surface area contributed by atoms with Crippen molar-refractivity contribution in [1.29, 1.82) is 0 Å². The molecule has 1 aromatic rings. The van der Waals surface area contributed by atoms with Crippen molar-refractivity contribution < 1.29 is 0 Å². The largest absolute Gasteiger partial charge is 0.385 e. The highest BCUT2D eigenvalue weighted by Gasteiger charge is 2.16. The first kappa shape index (κ1) is 9.53. The zero-order valence-corrected chi connectivity index (χ0v) is 8.13. The Hall–Kier alpha value is -1.56. The third kappa shape index (κ3) is 2.19. The molecule has 0 aliphatic rings. The van der Waals surface area contributed by atoms with E-state index in [1.54, 1.807) is 12.1 Å². The van der Waals surface area contributed by atoms with Crippen molar-refractivity contribution in [1.82, 2.24) is 4.98 Å². The van der Waals surface area contributed by atoms with Crippen molar-refractivity contribution in [3.05, 3.63) is 29.2 Å². The van der Waals surface area contributed by atoms with Crippen LogP contribution in [-0.2, 0) is 5.41 Å². The zero-order valence-electron chi connectivity index (χ0n) is 8.13. The highest BCUT2D eigenvalue weighted by molar-refractivity contribution is 5.53. The molecule has 68 valence electrons. The third-order valence-electron chi connectivity index (χ3n) is 1.73. The second kappa shape index (κ2) is 3.06. The summed E-state index contributed by atoms with van der Waals surface area (Å²) in [4.78, 5) is 7.52. The Balaban J connectivity index is 3.26. The molecule has 0 spiro atoms. The topological polar surface area (TPSA) is 43.3 Å². The van der Waals surface area contributed by atoms with Crippen molar-refractivity contribution in [2.24, 2.45) is 0 Å². The molecule has 1 rings (SSSR count). The van der Waals surface area contributed by atoms with E-state index in [4.69, 9.17) is 12.3 Å². The molecule has 3 nitrogen and oxygen atoms in total. The predicted octanol–water partition coefficient (Wildman–Crippen LogP) is 2.51. The van der Waals surface area contributed by atoms with Gasteiger partial charge < -0.3 is 5.73 Å². The lowest BCUT2D eigenvalue weighted by molar-refractivity contribution is 0.570. The van der Waals surface area contributed by atoms with Crippen molar-refractivity contribution in [2.45, 2.75) is 26.2 Å². The van der Waals surface area contributed by atoms with Crippen LogP contribution < -0.4 is 5.73 Å². The smallest absolute Gasteiger partial charge is 0.192 e. The van der Waals surface area contributed by atoms with Crippen molar-refractivity contribution in [3.8, 4) is 0 Å². The number of hydrogen-bond acceptors (Lipinski definition) is 2. The minimum Gasteiger partial charge on any atom is -0.385 e. The van der Waals surface area contributed by atoms with E-state index in [0.29, 0.717) is 11.5 Å². The molecule has 0 fully saturated rings. The summed E-state index contributed by atoms with van der Waals surface area (Å²) < 4.78 is 0. The van der Waals surface area contributed by atoms with E-state index in [9.17, 15) is 0 Å². The highest BCUT2D eigenvalue weighted by atomic mass is 14.9. The van der Waals surface area contributed by atoms with E-state index in [-0.39, 0.29) is 5.41 Å². The second-order valence-corrected chi connectivity index (χ2v) is 4.00. The molecule has 0 aliphatic carbocycles. The molecule has 2 N–H and O–H groups in total. The summed E-state index contributed by atoms with van der Waals surface area (Å²) in [6.07, 6.45) is 0. The van der Waals surface area contributed by atoms with Gasteiger partial charge in [0.2, 0.25) is 0 Å². The van der Waals surface area contributed by atoms with Crippen LogP contribution in [0.25, 0.3) is 4.85 Å². The number of nitrogens with zero attached hydrogens (tertiary/aromatic N) is 2. The summed E-state index contributed by atoms with van der Waals surface area (Å²) in [7, 11) is 0. The standard InChI is InChI=1S/C10H13N3/c1-10(2,3)8-5-7(12-4)6-9(11)13-8/h5-6H,1-3H3,(H2,11,13). The van der Waals surface area contributed by atoms with Crippen LogP contribution in [0.15, 0.2) is 12.1 Å². The number of aromatic nitrogens is 1. The van der Waals surface area contributed by atoms with E-state index in [1.165, 1.54) is 0 Å². The first-order valence-electron chi connectivity index (χ1n) is 4.09. The van der Waals surface area contributed by atoms with E-state index in [2.05, 4.69) is 9.83 Å². The maximum atomic E-state index is 6.88. The van der Waals surface area contributed by atoms with Crippen LogP contribution in [0.4, 0.5) is 11.5 Å². The molecule has 0 aliphatic heterocycles. The summed E-state index contributed by atoms with van der Waals surface area (Å²) in [5, 5.41) is 0.